The van der Waals surface area contributed by atoms with E-state index in [9.17, 15) is 22.7 Å². The van der Waals surface area contributed by atoms with Crippen molar-refractivity contribution in [1.82, 2.24) is 4.90 Å². The Kier molecular flexibility index (Phi) is 6.16. The summed E-state index contributed by atoms with van der Waals surface area (Å²) in [5.41, 5.74) is -0.185. The number of hydrogen-bond donors (Lipinski definition) is 2. The van der Waals surface area contributed by atoms with Crippen LogP contribution in [-0.4, -0.2) is 58.0 Å². The topological polar surface area (TPSA) is 85.7 Å². The maximum Gasteiger partial charge on any atom is 0.410 e. The molecule has 11 heteroatoms. The summed E-state index contributed by atoms with van der Waals surface area (Å²) in [6.07, 6.45) is -1.05. The van der Waals surface area contributed by atoms with E-state index in [0.717, 1.165) is 10.4 Å². The Morgan fingerprint density at radius 2 is 1.79 bits per heavy atom. The van der Waals surface area contributed by atoms with Crippen molar-refractivity contribution < 1.29 is 32.2 Å². The van der Waals surface area contributed by atoms with Crippen LogP contribution in [0.5, 0.6) is 0 Å². The number of carbonyl (C=O) groups excluding carboxylic acids is 1. The molecule has 4 rings (SSSR count). The van der Waals surface area contributed by atoms with Crippen molar-refractivity contribution in [3.63, 3.8) is 0 Å². The summed E-state index contributed by atoms with van der Waals surface area (Å²) in [5.74, 6) is -2.28. The lowest BCUT2D eigenvalue weighted by Crippen LogP contribution is -2.51. The molecule has 33 heavy (non-hydrogen) atoms. The number of halogens is 2. The van der Waals surface area contributed by atoms with Gasteiger partial charge in [0.05, 0.1) is 37.2 Å². The number of anilines is 3. The highest BCUT2D eigenvalue weighted by molar-refractivity contribution is 8.27. The first kappa shape index (κ1) is 23.6. The van der Waals surface area contributed by atoms with Gasteiger partial charge >= 0.3 is 6.09 Å². The molecule has 2 aliphatic heterocycles. The van der Waals surface area contributed by atoms with Crippen molar-refractivity contribution in [3.05, 3.63) is 54.1 Å². The Morgan fingerprint density at radius 1 is 1.12 bits per heavy atom. The van der Waals surface area contributed by atoms with E-state index in [1.165, 1.54) is 21.3 Å². The fourth-order valence-electron chi connectivity index (χ4n) is 3.83. The third-order valence-electron chi connectivity index (χ3n) is 5.22. The molecule has 2 aliphatic rings. The van der Waals surface area contributed by atoms with Crippen molar-refractivity contribution in [2.45, 2.75) is 32.5 Å². The number of morpholine rings is 1. The molecule has 1 atom stereocenters. The summed E-state index contributed by atoms with van der Waals surface area (Å²) in [4.78, 5) is 14.0. The van der Waals surface area contributed by atoms with E-state index in [0.29, 0.717) is 17.9 Å². The molecule has 1 saturated heterocycles. The van der Waals surface area contributed by atoms with Crippen LogP contribution in [-0.2, 0) is 9.47 Å². The highest BCUT2D eigenvalue weighted by atomic mass is 32.3. The van der Waals surface area contributed by atoms with Gasteiger partial charge < -0.3 is 14.4 Å². The lowest BCUT2D eigenvalue weighted by Gasteiger charge is -2.45. The Hall–Kier alpha value is -2.60. The second-order valence-electron chi connectivity index (χ2n) is 8.83. The van der Waals surface area contributed by atoms with E-state index >= 15 is 0 Å². The number of fused-ring (bicyclic) bond motifs is 1. The van der Waals surface area contributed by atoms with Gasteiger partial charge in [0.1, 0.15) is 11.3 Å². The molecule has 0 radical (unpaired) electrons. The molecular weight excluding hydrogens is 456 g/mol. The first-order valence-electron chi connectivity index (χ1n) is 10.5. The molecule has 0 bridgehead atoms. The summed E-state index contributed by atoms with van der Waals surface area (Å²) in [6.45, 7) is 6.11. The maximum absolute atomic E-state index is 14.6. The minimum atomic E-state index is -3.80. The second kappa shape index (κ2) is 8.64. The van der Waals surface area contributed by atoms with Crippen LogP contribution in [0.3, 0.4) is 0 Å². The maximum atomic E-state index is 14.6. The van der Waals surface area contributed by atoms with Crippen LogP contribution in [0.15, 0.2) is 42.5 Å². The van der Waals surface area contributed by atoms with E-state index in [-0.39, 0.29) is 25.4 Å². The predicted octanol–water partition coefficient (Wildman–Crippen LogP) is 5.14. The Labute approximate surface area is 192 Å². The van der Waals surface area contributed by atoms with Crippen LogP contribution in [0.1, 0.15) is 20.8 Å². The molecule has 1 amide bonds. The zero-order chi connectivity index (χ0) is 24.0. The van der Waals surface area contributed by atoms with E-state index < -0.39 is 40.4 Å². The largest absolute Gasteiger partial charge is 0.444 e. The third-order valence-corrected chi connectivity index (χ3v) is 7.04. The average Bonchev–Trinajstić information content (AvgIpc) is 2.96. The van der Waals surface area contributed by atoms with Crippen molar-refractivity contribution in [2.75, 3.05) is 34.9 Å². The number of ether oxygens (including phenoxy) is 2. The van der Waals surface area contributed by atoms with E-state index in [1.54, 1.807) is 45.0 Å². The molecule has 0 saturated carbocycles. The van der Waals surface area contributed by atoms with Gasteiger partial charge in [-0.15, -0.1) is 0 Å². The van der Waals surface area contributed by atoms with E-state index in [4.69, 9.17) is 9.47 Å². The summed E-state index contributed by atoms with van der Waals surface area (Å²) in [5, 5.41) is 0. The Bertz CT molecular complexity index is 1050. The van der Waals surface area contributed by atoms with Crippen molar-refractivity contribution in [3.8, 4) is 0 Å². The van der Waals surface area contributed by atoms with Gasteiger partial charge in [-0.05, 0) is 56.0 Å². The highest BCUT2D eigenvalue weighted by Crippen LogP contribution is 2.64. The van der Waals surface area contributed by atoms with Crippen molar-refractivity contribution in [2.24, 2.45) is 0 Å². The fourth-order valence-corrected chi connectivity index (χ4v) is 5.63. The summed E-state index contributed by atoms with van der Waals surface area (Å²) >= 11 is 0. The molecule has 2 aromatic carbocycles. The number of hydrogen-bond acceptors (Lipinski definition) is 7. The zero-order valence-electron chi connectivity index (χ0n) is 18.6. The lowest BCUT2D eigenvalue weighted by atomic mass is 10.2. The van der Waals surface area contributed by atoms with Gasteiger partial charge in [0.2, 0.25) is 0 Å². The van der Waals surface area contributed by atoms with Crippen LogP contribution in [0.25, 0.3) is 0 Å². The molecule has 2 aromatic rings. The average molecular weight is 484 g/mol. The standard InChI is InChI=1S/C22H27F2N3O5S/c1-22(2,3)32-21(28)25-11-12-31-15(13-25)14-26-17-8-4-5-9-18(17)27(33(26,29)30)19-10-6-7-16(23)20(19)24/h4-10,15,29-30H,11-14H2,1-3H3. The molecule has 0 aromatic heterocycles. The molecule has 0 aliphatic carbocycles. The van der Waals surface area contributed by atoms with Crippen LogP contribution >= 0.6 is 11.0 Å². The third kappa shape index (κ3) is 4.58. The number of benzene rings is 2. The molecule has 2 N–H and O–H groups in total. The number of para-hydroxylation sites is 2. The van der Waals surface area contributed by atoms with Crippen molar-refractivity contribution in [1.29, 1.82) is 0 Å². The fraction of sp³-hybridized carbons (Fsp3) is 0.409. The zero-order valence-corrected chi connectivity index (χ0v) is 19.4. The van der Waals surface area contributed by atoms with Crippen LogP contribution in [0.2, 0.25) is 0 Å². The summed E-state index contributed by atoms with van der Waals surface area (Å²) < 4.78 is 64.5. The lowest BCUT2D eigenvalue weighted by molar-refractivity contribution is -0.0381. The van der Waals surface area contributed by atoms with Gasteiger partial charge in [-0.2, -0.15) is 0 Å². The van der Waals surface area contributed by atoms with Gasteiger partial charge in [-0.25, -0.2) is 22.2 Å². The molecule has 180 valence electrons. The normalized spacial score (nSPS) is 21.1. The summed E-state index contributed by atoms with van der Waals surface area (Å²) in [7, 11) is -3.80. The highest BCUT2D eigenvalue weighted by Gasteiger charge is 2.44. The quantitative estimate of drug-likeness (QED) is 0.625. The molecule has 1 unspecified atom stereocenters. The number of nitrogens with zero attached hydrogens (tertiary/aromatic N) is 3. The van der Waals surface area contributed by atoms with Gasteiger partial charge in [-0.3, -0.25) is 9.11 Å². The van der Waals surface area contributed by atoms with Crippen LogP contribution in [0, 0.1) is 11.6 Å². The molecular formula is C22H27F2N3O5S. The Morgan fingerprint density at radius 3 is 2.48 bits per heavy atom. The predicted molar refractivity (Wildman–Crippen MR) is 123 cm³/mol. The molecule has 0 spiro atoms. The monoisotopic (exact) mass is 483 g/mol. The number of amides is 1. The first-order valence-corrected chi connectivity index (χ1v) is 11.9. The van der Waals surface area contributed by atoms with Gasteiger partial charge in [-0.1, -0.05) is 18.2 Å². The van der Waals surface area contributed by atoms with Crippen molar-refractivity contribution >= 4 is 34.1 Å². The molecule has 1 fully saturated rings. The van der Waals surface area contributed by atoms with E-state index in [2.05, 4.69) is 0 Å². The van der Waals surface area contributed by atoms with Gasteiger partial charge in [0, 0.05) is 6.54 Å². The smallest absolute Gasteiger partial charge is 0.410 e. The van der Waals surface area contributed by atoms with Crippen LogP contribution < -0.4 is 8.61 Å². The second-order valence-corrected chi connectivity index (χ2v) is 10.6. The van der Waals surface area contributed by atoms with Gasteiger partial charge in [0.15, 0.2) is 11.6 Å². The Balaban J connectivity index is 1.61. The van der Waals surface area contributed by atoms with Gasteiger partial charge in [0.25, 0.3) is 0 Å². The minimum Gasteiger partial charge on any atom is -0.444 e. The SMILES string of the molecule is CC(C)(C)OC(=O)N1CCOC(CN2c3ccccc3N(c3cccc(F)c3F)S2(O)O)C1. The number of carbonyl (C=O) groups is 1. The van der Waals surface area contributed by atoms with E-state index in [1.807, 2.05) is 0 Å². The molecule has 8 nitrogen and oxygen atoms in total. The number of rotatable bonds is 3. The molecule has 2 heterocycles. The van der Waals surface area contributed by atoms with Crippen LogP contribution in [0.4, 0.5) is 30.6 Å². The summed E-state index contributed by atoms with van der Waals surface area (Å²) in [6, 6.07) is 10.2. The minimum absolute atomic E-state index is 0.00603. The first-order chi connectivity index (χ1) is 15.5.